The van der Waals surface area contributed by atoms with Crippen LogP contribution in [-0.2, 0) is 4.79 Å². The number of H-pyrrole nitrogens is 1. The zero-order chi connectivity index (χ0) is 11.5. The van der Waals surface area contributed by atoms with Gasteiger partial charge in [0.05, 0.1) is 10.8 Å². The molecule has 0 fully saturated rings. The molecule has 0 saturated heterocycles. The lowest BCUT2D eigenvalue weighted by atomic mass is 10.2. The van der Waals surface area contributed by atoms with E-state index in [0.29, 0.717) is 10.8 Å². The molecule has 2 rings (SSSR count). The number of hydrogen-bond donors (Lipinski definition) is 1. The predicted octanol–water partition coefficient (Wildman–Crippen LogP) is 0.891. The van der Waals surface area contributed by atoms with Crippen LogP contribution in [0.4, 0.5) is 0 Å². The van der Waals surface area contributed by atoms with Crippen LogP contribution >= 0.6 is 0 Å². The number of ketones is 1. The van der Waals surface area contributed by atoms with Gasteiger partial charge in [-0.25, -0.2) is 5.10 Å². The van der Waals surface area contributed by atoms with Crippen LogP contribution in [-0.4, -0.2) is 22.6 Å². The molecule has 0 amide bonds. The lowest BCUT2D eigenvalue weighted by Crippen LogP contribution is -2.13. The van der Waals surface area contributed by atoms with E-state index in [2.05, 4.69) is 10.2 Å². The maximum atomic E-state index is 11.4. The van der Waals surface area contributed by atoms with Crippen molar-refractivity contribution in [3.05, 3.63) is 34.6 Å². The van der Waals surface area contributed by atoms with Crippen molar-refractivity contribution < 1.29 is 9.53 Å². The second-order valence-corrected chi connectivity index (χ2v) is 3.39. The Morgan fingerprint density at radius 2 is 2.06 bits per heavy atom. The molecule has 16 heavy (non-hydrogen) atoms. The van der Waals surface area contributed by atoms with Crippen LogP contribution in [0.5, 0.6) is 5.88 Å². The third-order valence-corrected chi connectivity index (χ3v) is 2.07. The van der Waals surface area contributed by atoms with Crippen LogP contribution in [0.1, 0.15) is 6.92 Å². The molecule has 2 aromatic rings. The third kappa shape index (κ3) is 1.93. The number of nitrogens with one attached hydrogen (secondary N) is 1. The van der Waals surface area contributed by atoms with Gasteiger partial charge in [-0.3, -0.25) is 9.59 Å². The SMILES string of the molecule is CC(=O)COc1n[nH]c(=O)c2ccccc12. The van der Waals surface area contributed by atoms with Gasteiger partial charge in [0, 0.05) is 0 Å². The van der Waals surface area contributed by atoms with Gasteiger partial charge in [-0.05, 0) is 19.1 Å². The molecule has 5 nitrogen and oxygen atoms in total. The normalized spacial score (nSPS) is 10.3. The van der Waals surface area contributed by atoms with Crippen molar-refractivity contribution in [2.24, 2.45) is 0 Å². The number of Topliss-reactive ketones (excluding diaryl/α,β-unsaturated/α-hetero) is 1. The zero-order valence-corrected chi connectivity index (χ0v) is 8.69. The fourth-order valence-electron chi connectivity index (χ4n) is 1.37. The second kappa shape index (κ2) is 4.14. The maximum absolute atomic E-state index is 11.4. The number of rotatable bonds is 3. The highest BCUT2D eigenvalue weighted by Gasteiger charge is 2.07. The number of benzene rings is 1. The van der Waals surface area contributed by atoms with Gasteiger partial charge in [0.1, 0.15) is 6.61 Å². The minimum Gasteiger partial charge on any atom is -0.468 e. The summed E-state index contributed by atoms with van der Waals surface area (Å²) in [6.07, 6.45) is 0. The Balaban J connectivity index is 2.50. The summed E-state index contributed by atoms with van der Waals surface area (Å²) in [5, 5.41) is 7.19. The second-order valence-electron chi connectivity index (χ2n) is 3.39. The van der Waals surface area contributed by atoms with Crippen molar-refractivity contribution >= 4 is 16.6 Å². The van der Waals surface area contributed by atoms with Crippen molar-refractivity contribution in [2.75, 3.05) is 6.61 Å². The van der Waals surface area contributed by atoms with Gasteiger partial charge < -0.3 is 4.74 Å². The van der Waals surface area contributed by atoms with Gasteiger partial charge in [0.2, 0.25) is 5.88 Å². The Kier molecular flexibility index (Phi) is 2.68. The van der Waals surface area contributed by atoms with Crippen LogP contribution in [0.25, 0.3) is 10.8 Å². The zero-order valence-electron chi connectivity index (χ0n) is 8.69. The van der Waals surface area contributed by atoms with E-state index in [0.717, 1.165) is 0 Å². The number of carbonyl (C=O) groups is 1. The van der Waals surface area contributed by atoms with Crippen molar-refractivity contribution in [1.29, 1.82) is 0 Å². The van der Waals surface area contributed by atoms with E-state index >= 15 is 0 Å². The van der Waals surface area contributed by atoms with Crippen molar-refractivity contribution in [1.82, 2.24) is 10.2 Å². The lowest BCUT2D eigenvalue weighted by Gasteiger charge is -2.04. The molecule has 0 saturated carbocycles. The number of aromatic amines is 1. The van der Waals surface area contributed by atoms with E-state index in [-0.39, 0.29) is 23.8 Å². The quantitative estimate of drug-likeness (QED) is 0.830. The van der Waals surface area contributed by atoms with Crippen molar-refractivity contribution in [2.45, 2.75) is 6.92 Å². The molecule has 1 aromatic heterocycles. The molecule has 1 heterocycles. The first-order chi connectivity index (χ1) is 7.68. The average molecular weight is 218 g/mol. The van der Waals surface area contributed by atoms with Crippen LogP contribution < -0.4 is 10.3 Å². The minimum absolute atomic E-state index is 0.0525. The fraction of sp³-hybridized carbons (Fsp3) is 0.182. The van der Waals surface area contributed by atoms with E-state index < -0.39 is 0 Å². The van der Waals surface area contributed by atoms with Crippen LogP contribution in [0.3, 0.4) is 0 Å². The number of fused-ring (bicyclic) bond motifs is 1. The topological polar surface area (TPSA) is 72.0 Å². The molecule has 0 atom stereocenters. The lowest BCUT2D eigenvalue weighted by molar-refractivity contribution is -0.118. The Morgan fingerprint density at radius 3 is 2.75 bits per heavy atom. The average Bonchev–Trinajstić information content (AvgIpc) is 2.28. The number of carbonyl (C=O) groups excluding carboxylic acids is 1. The molecule has 0 aliphatic rings. The first-order valence-corrected chi connectivity index (χ1v) is 4.78. The summed E-state index contributed by atoms with van der Waals surface area (Å²) < 4.78 is 5.20. The number of ether oxygens (including phenoxy) is 1. The van der Waals surface area contributed by atoms with E-state index in [4.69, 9.17) is 4.74 Å². The molecule has 0 aliphatic heterocycles. The molecular formula is C11H10N2O3. The first-order valence-electron chi connectivity index (χ1n) is 4.78. The Morgan fingerprint density at radius 1 is 1.38 bits per heavy atom. The molecule has 0 spiro atoms. The van der Waals surface area contributed by atoms with Gasteiger partial charge in [-0.15, -0.1) is 5.10 Å². The largest absolute Gasteiger partial charge is 0.468 e. The van der Waals surface area contributed by atoms with E-state index in [1.807, 2.05) is 0 Å². The summed E-state index contributed by atoms with van der Waals surface area (Å²) >= 11 is 0. The number of nitrogens with zero attached hydrogens (tertiary/aromatic N) is 1. The van der Waals surface area contributed by atoms with Crippen LogP contribution in [0.2, 0.25) is 0 Å². The van der Waals surface area contributed by atoms with Gasteiger partial charge in [-0.2, -0.15) is 0 Å². The van der Waals surface area contributed by atoms with E-state index in [1.54, 1.807) is 24.3 Å². The Hall–Kier alpha value is -2.17. The first kappa shape index (κ1) is 10.4. The summed E-state index contributed by atoms with van der Waals surface area (Å²) in [5.41, 5.74) is -0.272. The molecule has 82 valence electrons. The molecule has 1 N–H and O–H groups in total. The third-order valence-electron chi connectivity index (χ3n) is 2.07. The van der Waals surface area contributed by atoms with Crippen molar-refractivity contribution in [3.8, 4) is 5.88 Å². The molecule has 1 aromatic carbocycles. The molecular weight excluding hydrogens is 208 g/mol. The summed E-state index contributed by atoms with van der Waals surface area (Å²) in [5.74, 6) is 0.169. The Labute approximate surface area is 91.1 Å². The van der Waals surface area contributed by atoms with E-state index in [1.165, 1.54) is 6.92 Å². The van der Waals surface area contributed by atoms with Gasteiger partial charge in [0.15, 0.2) is 5.78 Å². The van der Waals surface area contributed by atoms with Crippen molar-refractivity contribution in [3.63, 3.8) is 0 Å². The fourth-order valence-corrected chi connectivity index (χ4v) is 1.37. The molecule has 0 unspecified atom stereocenters. The minimum atomic E-state index is -0.272. The molecule has 0 aliphatic carbocycles. The maximum Gasteiger partial charge on any atom is 0.272 e. The number of aromatic nitrogens is 2. The van der Waals surface area contributed by atoms with E-state index in [9.17, 15) is 9.59 Å². The smallest absolute Gasteiger partial charge is 0.272 e. The van der Waals surface area contributed by atoms with Gasteiger partial charge in [-0.1, -0.05) is 12.1 Å². The highest BCUT2D eigenvalue weighted by Crippen LogP contribution is 2.18. The molecule has 0 bridgehead atoms. The summed E-state index contributed by atoms with van der Waals surface area (Å²) in [6, 6.07) is 6.94. The van der Waals surface area contributed by atoms with Crippen LogP contribution in [0, 0.1) is 0 Å². The molecule has 5 heteroatoms. The highest BCUT2D eigenvalue weighted by atomic mass is 16.5. The summed E-state index contributed by atoms with van der Waals surface area (Å²) in [4.78, 5) is 22.2. The standard InChI is InChI=1S/C11H10N2O3/c1-7(14)6-16-11-9-5-3-2-4-8(9)10(15)12-13-11/h2-5H,6H2,1H3,(H,12,15). The molecule has 0 radical (unpaired) electrons. The summed E-state index contributed by atoms with van der Waals surface area (Å²) in [7, 11) is 0. The van der Waals surface area contributed by atoms with Gasteiger partial charge >= 0.3 is 0 Å². The van der Waals surface area contributed by atoms with Gasteiger partial charge in [0.25, 0.3) is 5.56 Å². The number of hydrogen-bond acceptors (Lipinski definition) is 4. The Bertz CT molecular complexity index is 589. The summed E-state index contributed by atoms with van der Waals surface area (Å²) in [6.45, 7) is 1.37. The predicted molar refractivity (Wildman–Crippen MR) is 58.5 cm³/mol. The highest BCUT2D eigenvalue weighted by molar-refractivity contribution is 5.86. The van der Waals surface area contributed by atoms with Crippen LogP contribution in [0.15, 0.2) is 29.1 Å². The monoisotopic (exact) mass is 218 g/mol.